The zero-order chi connectivity index (χ0) is 13.7. The standard InChI is InChI=1S/C14H12ClNO3/c15-12-3-1-2-10(6-12)8-19-9-11-4-5-16-13(7-11)14(17)18/h1-7H,8-9H2,(H,17,18). The molecule has 4 nitrogen and oxygen atoms in total. The molecule has 0 saturated heterocycles. The molecule has 0 unspecified atom stereocenters. The minimum atomic E-state index is -1.04. The molecule has 0 fully saturated rings. The van der Waals surface area contributed by atoms with E-state index in [2.05, 4.69) is 4.98 Å². The summed E-state index contributed by atoms with van der Waals surface area (Å²) < 4.78 is 5.52. The van der Waals surface area contributed by atoms with Gasteiger partial charge >= 0.3 is 5.97 Å². The van der Waals surface area contributed by atoms with Crippen molar-refractivity contribution in [3.63, 3.8) is 0 Å². The average molecular weight is 278 g/mol. The fraction of sp³-hybridized carbons (Fsp3) is 0.143. The maximum absolute atomic E-state index is 10.8. The number of hydrogen-bond acceptors (Lipinski definition) is 3. The minimum Gasteiger partial charge on any atom is -0.477 e. The van der Waals surface area contributed by atoms with E-state index < -0.39 is 5.97 Å². The van der Waals surface area contributed by atoms with Gasteiger partial charge < -0.3 is 9.84 Å². The van der Waals surface area contributed by atoms with Crippen LogP contribution in [0.2, 0.25) is 5.02 Å². The van der Waals surface area contributed by atoms with Crippen LogP contribution in [0.4, 0.5) is 0 Å². The molecule has 0 bridgehead atoms. The molecule has 19 heavy (non-hydrogen) atoms. The van der Waals surface area contributed by atoms with E-state index in [-0.39, 0.29) is 5.69 Å². The van der Waals surface area contributed by atoms with Gasteiger partial charge in [0.05, 0.1) is 13.2 Å². The molecule has 0 aliphatic carbocycles. The maximum atomic E-state index is 10.8. The van der Waals surface area contributed by atoms with Crippen molar-refractivity contribution in [1.29, 1.82) is 0 Å². The second-order valence-corrected chi connectivity index (χ2v) is 4.41. The first-order valence-corrected chi connectivity index (χ1v) is 6.03. The minimum absolute atomic E-state index is 0.0175. The van der Waals surface area contributed by atoms with Crippen LogP contribution in [0.15, 0.2) is 42.6 Å². The number of hydrogen-bond donors (Lipinski definition) is 1. The molecule has 1 aromatic carbocycles. The van der Waals surface area contributed by atoms with Crippen LogP contribution in [0.3, 0.4) is 0 Å². The number of carboxylic acids is 1. The van der Waals surface area contributed by atoms with Crippen LogP contribution in [-0.4, -0.2) is 16.1 Å². The van der Waals surface area contributed by atoms with E-state index >= 15 is 0 Å². The van der Waals surface area contributed by atoms with Gasteiger partial charge in [0.1, 0.15) is 5.69 Å². The van der Waals surface area contributed by atoms with Crippen LogP contribution in [0.1, 0.15) is 21.6 Å². The fourth-order valence-corrected chi connectivity index (χ4v) is 1.81. The van der Waals surface area contributed by atoms with E-state index in [1.165, 1.54) is 12.3 Å². The Labute approximate surface area is 115 Å². The average Bonchev–Trinajstić information content (AvgIpc) is 2.39. The van der Waals surface area contributed by atoms with Gasteiger partial charge in [0, 0.05) is 11.2 Å². The third-order valence-corrected chi connectivity index (χ3v) is 2.71. The molecule has 2 aromatic rings. The number of nitrogens with zero attached hydrogens (tertiary/aromatic N) is 1. The molecule has 5 heteroatoms. The van der Waals surface area contributed by atoms with Crippen molar-refractivity contribution >= 4 is 17.6 Å². The Morgan fingerprint density at radius 2 is 1.95 bits per heavy atom. The molecule has 1 N–H and O–H groups in total. The number of rotatable bonds is 5. The van der Waals surface area contributed by atoms with Crippen molar-refractivity contribution in [1.82, 2.24) is 4.98 Å². The van der Waals surface area contributed by atoms with Crippen molar-refractivity contribution in [3.8, 4) is 0 Å². The molecular formula is C14H12ClNO3. The van der Waals surface area contributed by atoms with E-state index in [1.54, 1.807) is 12.1 Å². The van der Waals surface area contributed by atoms with E-state index in [0.29, 0.717) is 18.2 Å². The first-order chi connectivity index (χ1) is 9.15. The number of pyridine rings is 1. The topological polar surface area (TPSA) is 59.4 Å². The van der Waals surface area contributed by atoms with E-state index in [1.807, 2.05) is 18.2 Å². The first-order valence-electron chi connectivity index (χ1n) is 5.65. The number of aromatic carboxylic acids is 1. The Morgan fingerprint density at radius 1 is 1.21 bits per heavy atom. The lowest BCUT2D eigenvalue weighted by atomic mass is 10.2. The van der Waals surface area contributed by atoms with Crippen LogP contribution in [0, 0.1) is 0 Å². The molecule has 98 valence electrons. The van der Waals surface area contributed by atoms with Crippen molar-refractivity contribution in [2.75, 3.05) is 0 Å². The molecule has 0 amide bonds. The maximum Gasteiger partial charge on any atom is 0.354 e. The van der Waals surface area contributed by atoms with Gasteiger partial charge in [-0.2, -0.15) is 0 Å². The Kier molecular flexibility index (Phi) is 4.49. The molecule has 0 radical (unpaired) electrons. The van der Waals surface area contributed by atoms with E-state index in [0.717, 1.165) is 11.1 Å². The Balaban J connectivity index is 1.92. The molecule has 2 rings (SSSR count). The molecule has 0 aliphatic heterocycles. The van der Waals surface area contributed by atoms with Gasteiger partial charge in [-0.3, -0.25) is 0 Å². The number of carboxylic acid groups (broad SMARTS) is 1. The van der Waals surface area contributed by atoms with Crippen LogP contribution in [-0.2, 0) is 18.0 Å². The lowest BCUT2D eigenvalue weighted by Gasteiger charge is -2.05. The Hall–Kier alpha value is -1.91. The predicted octanol–water partition coefficient (Wildman–Crippen LogP) is 3.15. The van der Waals surface area contributed by atoms with Gasteiger partial charge in [-0.05, 0) is 35.4 Å². The lowest BCUT2D eigenvalue weighted by molar-refractivity contribution is 0.0689. The predicted molar refractivity (Wildman–Crippen MR) is 71.1 cm³/mol. The number of aromatic nitrogens is 1. The normalized spacial score (nSPS) is 10.4. The Morgan fingerprint density at radius 3 is 2.63 bits per heavy atom. The Bertz CT molecular complexity index is 586. The molecule has 0 atom stereocenters. The summed E-state index contributed by atoms with van der Waals surface area (Å²) in [6.07, 6.45) is 1.46. The zero-order valence-electron chi connectivity index (χ0n) is 10.0. The quantitative estimate of drug-likeness (QED) is 0.912. The summed E-state index contributed by atoms with van der Waals surface area (Å²) in [5.41, 5.74) is 1.76. The SMILES string of the molecule is O=C(O)c1cc(COCc2cccc(Cl)c2)ccn1. The second kappa shape index (κ2) is 6.31. The smallest absolute Gasteiger partial charge is 0.354 e. The van der Waals surface area contributed by atoms with Crippen LogP contribution in [0.5, 0.6) is 0 Å². The summed E-state index contributed by atoms with van der Waals surface area (Å²) in [6.45, 7) is 0.751. The van der Waals surface area contributed by atoms with Gasteiger partial charge in [0.25, 0.3) is 0 Å². The van der Waals surface area contributed by atoms with Gasteiger partial charge in [-0.25, -0.2) is 9.78 Å². The van der Waals surface area contributed by atoms with Crippen LogP contribution in [0.25, 0.3) is 0 Å². The third kappa shape index (κ3) is 4.05. The summed E-state index contributed by atoms with van der Waals surface area (Å²) >= 11 is 5.87. The summed E-state index contributed by atoms with van der Waals surface area (Å²) in [5.74, 6) is -1.04. The van der Waals surface area contributed by atoms with Gasteiger partial charge in [0.15, 0.2) is 0 Å². The number of benzene rings is 1. The molecule has 0 spiro atoms. The molecular weight excluding hydrogens is 266 g/mol. The highest BCUT2D eigenvalue weighted by atomic mass is 35.5. The summed E-state index contributed by atoms with van der Waals surface area (Å²) in [6, 6.07) is 10.6. The van der Waals surface area contributed by atoms with E-state index in [9.17, 15) is 4.79 Å². The van der Waals surface area contributed by atoms with Crippen molar-refractivity contribution < 1.29 is 14.6 Å². The highest BCUT2D eigenvalue weighted by Crippen LogP contribution is 2.12. The summed E-state index contributed by atoms with van der Waals surface area (Å²) in [5, 5.41) is 9.49. The number of halogens is 1. The van der Waals surface area contributed by atoms with Gasteiger partial charge in [-0.15, -0.1) is 0 Å². The number of ether oxygens (including phenoxy) is 1. The molecule has 1 aromatic heterocycles. The monoisotopic (exact) mass is 277 g/mol. The summed E-state index contributed by atoms with van der Waals surface area (Å²) in [4.78, 5) is 14.5. The molecule has 0 saturated carbocycles. The van der Waals surface area contributed by atoms with Crippen molar-refractivity contribution in [2.45, 2.75) is 13.2 Å². The zero-order valence-corrected chi connectivity index (χ0v) is 10.8. The second-order valence-electron chi connectivity index (χ2n) is 3.98. The van der Waals surface area contributed by atoms with Crippen LogP contribution < -0.4 is 0 Å². The summed E-state index contributed by atoms with van der Waals surface area (Å²) in [7, 11) is 0. The first kappa shape index (κ1) is 13.5. The fourth-order valence-electron chi connectivity index (χ4n) is 1.59. The van der Waals surface area contributed by atoms with E-state index in [4.69, 9.17) is 21.4 Å². The highest BCUT2D eigenvalue weighted by Gasteiger charge is 2.05. The third-order valence-electron chi connectivity index (χ3n) is 2.47. The largest absolute Gasteiger partial charge is 0.477 e. The van der Waals surface area contributed by atoms with Gasteiger partial charge in [0.2, 0.25) is 0 Å². The molecule has 1 heterocycles. The number of carbonyl (C=O) groups is 1. The lowest BCUT2D eigenvalue weighted by Crippen LogP contribution is -2.02. The highest BCUT2D eigenvalue weighted by molar-refractivity contribution is 6.30. The van der Waals surface area contributed by atoms with Crippen molar-refractivity contribution in [3.05, 3.63) is 64.4 Å². The molecule has 0 aliphatic rings. The van der Waals surface area contributed by atoms with Crippen molar-refractivity contribution in [2.24, 2.45) is 0 Å². The van der Waals surface area contributed by atoms with Crippen LogP contribution >= 0.6 is 11.6 Å². The van der Waals surface area contributed by atoms with Gasteiger partial charge in [-0.1, -0.05) is 23.7 Å².